The van der Waals surface area contributed by atoms with Crippen molar-refractivity contribution in [2.24, 2.45) is 17.3 Å². The van der Waals surface area contributed by atoms with Crippen molar-refractivity contribution in [3.8, 4) is 0 Å². The van der Waals surface area contributed by atoms with Crippen LogP contribution in [0.3, 0.4) is 0 Å². The van der Waals surface area contributed by atoms with Crippen molar-refractivity contribution < 1.29 is 15.3 Å². The minimum Gasteiger partial charge on any atom is -0.390 e. The second-order valence-electron chi connectivity index (χ2n) is 11.7. The zero-order valence-corrected chi connectivity index (χ0v) is 23.1. The first-order chi connectivity index (χ1) is 16.1. The van der Waals surface area contributed by atoms with Gasteiger partial charge in [-0.1, -0.05) is 71.3 Å². The molecule has 0 amide bonds. The standard InChI is InChI=1S/C30H50O3S/c1-6-15-29(32,16-7-2)18-19-34-30(33)20-24(22(4)27(31)21-30)12-11-23-10-9-17-28(5)25(8-3)13-14-26(23)28/h11-12,25-27,31-33H,4,6-10,13-21H2,1-3,5H3/t25-,26+,27-,28+,30-/m0/s1. The Morgan fingerprint density at radius 3 is 2.47 bits per heavy atom. The predicted octanol–water partition coefficient (Wildman–Crippen LogP) is 7.32. The first kappa shape index (κ1) is 28.0. The fourth-order valence-electron chi connectivity index (χ4n) is 7.36. The van der Waals surface area contributed by atoms with Gasteiger partial charge in [-0.15, -0.1) is 11.8 Å². The van der Waals surface area contributed by atoms with Crippen molar-refractivity contribution >= 4 is 11.8 Å². The summed E-state index contributed by atoms with van der Waals surface area (Å²) in [6.07, 6.45) is 16.5. The van der Waals surface area contributed by atoms with Crippen molar-refractivity contribution in [2.45, 2.75) is 128 Å². The van der Waals surface area contributed by atoms with Gasteiger partial charge < -0.3 is 15.3 Å². The topological polar surface area (TPSA) is 60.7 Å². The van der Waals surface area contributed by atoms with Crippen LogP contribution in [0.1, 0.15) is 111 Å². The minimum atomic E-state index is -1.01. The molecule has 5 atom stereocenters. The molecule has 3 rings (SSSR count). The summed E-state index contributed by atoms with van der Waals surface area (Å²) in [5, 5.41) is 33.1. The molecule has 3 saturated carbocycles. The van der Waals surface area contributed by atoms with E-state index in [2.05, 4.69) is 46.4 Å². The number of hydrogen-bond donors (Lipinski definition) is 3. The van der Waals surface area contributed by atoms with Crippen LogP contribution in [0.4, 0.5) is 0 Å². The summed E-state index contributed by atoms with van der Waals surface area (Å²) in [6, 6.07) is 0. The highest BCUT2D eigenvalue weighted by Gasteiger charge is 2.48. The van der Waals surface area contributed by atoms with Crippen LogP contribution in [-0.4, -0.2) is 37.7 Å². The van der Waals surface area contributed by atoms with Crippen LogP contribution in [0.25, 0.3) is 0 Å². The molecule has 0 aliphatic heterocycles. The highest BCUT2D eigenvalue weighted by molar-refractivity contribution is 8.00. The highest BCUT2D eigenvalue weighted by atomic mass is 32.2. The van der Waals surface area contributed by atoms with Gasteiger partial charge in [-0.25, -0.2) is 0 Å². The fraction of sp³-hybridized carbons (Fsp3) is 0.800. The lowest BCUT2D eigenvalue weighted by Crippen LogP contribution is -2.38. The second-order valence-corrected chi connectivity index (χ2v) is 13.2. The van der Waals surface area contributed by atoms with Gasteiger partial charge in [0.1, 0.15) is 4.93 Å². The molecule has 0 saturated heterocycles. The molecule has 0 aromatic carbocycles. The molecule has 0 aromatic heterocycles. The number of aliphatic hydroxyl groups excluding tert-OH is 1. The first-order valence-electron chi connectivity index (χ1n) is 13.9. The van der Waals surface area contributed by atoms with E-state index in [1.807, 2.05) is 0 Å². The Hall–Kier alpha value is -0.550. The Labute approximate surface area is 213 Å². The lowest BCUT2D eigenvalue weighted by atomic mass is 9.63. The number of rotatable bonds is 10. The van der Waals surface area contributed by atoms with Gasteiger partial charge in [0.25, 0.3) is 0 Å². The molecular formula is C30H50O3S. The third-order valence-corrected chi connectivity index (χ3v) is 10.6. The van der Waals surface area contributed by atoms with Crippen molar-refractivity contribution in [3.05, 3.63) is 35.5 Å². The monoisotopic (exact) mass is 490 g/mol. The maximum Gasteiger partial charge on any atom is 0.117 e. The highest BCUT2D eigenvalue weighted by Crippen LogP contribution is 2.58. The zero-order chi connectivity index (χ0) is 25.0. The van der Waals surface area contributed by atoms with Gasteiger partial charge in [0.05, 0.1) is 11.7 Å². The van der Waals surface area contributed by atoms with Crippen LogP contribution in [0.5, 0.6) is 0 Å². The molecule has 3 N–H and O–H groups in total. The molecular weight excluding hydrogens is 440 g/mol. The molecule has 0 unspecified atom stereocenters. The van der Waals surface area contributed by atoms with E-state index >= 15 is 0 Å². The average molecular weight is 491 g/mol. The molecule has 0 spiro atoms. The number of allylic oxidation sites excluding steroid dienone is 3. The maximum atomic E-state index is 11.4. The van der Waals surface area contributed by atoms with E-state index in [0.717, 1.165) is 42.7 Å². The maximum absolute atomic E-state index is 11.4. The zero-order valence-electron chi connectivity index (χ0n) is 22.2. The fourth-order valence-corrected chi connectivity index (χ4v) is 8.75. The van der Waals surface area contributed by atoms with Crippen LogP contribution in [0.2, 0.25) is 0 Å². The van der Waals surface area contributed by atoms with Gasteiger partial charge >= 0.3 is 0 Å². The van der Waals surface area contributed by atoms with Crippen molar-refractivity contribution in [3.63, 3.8) is 0 Å². The Balaban J connectivity index is 1.70. The first-order valence-corrected chi connectivity index (χ1v) is 14.9. The van der Waals surface area contributed by atoms with Crippen molar-refractivity contribution in [1.29, 1.82) is 0 Å². The number of fused-ring (bicyclic) bond motifs is 1. The van der Waals surface area contributed by atoms with Crippen LogP contribution in [0, 0.1) is 17.3 Å². The number of hydrogen-bond acceptors (Lipinski definition) is 4. The summed E-state index contributed by atoms with van der Waals surface area (Å²) in [5.41, 5.74) is 3.09. The van der Waals surface area contributed by atoms with E-state index in [9.17, 15) is 15.3 Å². The molecule has 3 aliphatic carbocycles. The van der Waals surface area contributed by atoms with Gasteiger partial charge in [-0.05, 0) is 85.5 Å². The summed E-state index contributed by atoms with van der Waals surface area (Å²) in [6.45, 7) is 13.2. The van der Waals surface area contributed by atoms with E-state index in [4.69, 9.17) is 0 Å². The summed E-state index contributed by atoms with van der Waals surface area (Å²) < 4.78 is 0. The average Bonchev–Trinajstić information content (AvgIpc) is 3.12. The summed E-state index contributed by atoms with van der Waals surface area (Å²) in [5.74, 6) is 2.20. The van der Waals surface area contributed by atoms with Gasteiger partial charge in [0.2, 0.25) is 0 Å². The Bertz CT molecular complexity index is 765. The molecule has 3 fully saturated rings. The lowest BCUT2D eigenvalue weighted by molar-refractivity contribution is 0.0181. The van der Waals surface area contributed by atoms with Gasteiger partial charge in [0, 0.05) is 12.8 Å². The Kier molecular flexibility index (Phi) is 9.62. The third-order valence-electron chi connectivity index (χ3n) is 9.31. The molecule has 0 radical (unpaired) electrons. The van der Waals surface area contributed by atoms with E-state index in [1.165, 1.54) is 50.3 Å². The van der Waals surface area contributed by atoms with E-state index < -0.39 is 16.6 Å². The predicted molar refractivity (Wildman–Crippen MR) is 146 cm³/mol. The van der Waals surface area contributed by atoms with Gasteiger partial charge in [0.15, 0.2) is 0 Å². The van der Waals surface area contributed by atoms with E-state index in [-0.39, 0.29) is 0 Å². The second kappa shape index (κ2) is 11.7. The Morgan fingerprint density at radius 1 is 1.12 bits per heavy atom. The van der Waals surface area contributed by atoms with Crippen molar-refractivity contribution in [2.75, 3.05) is 5.75 Å². The third kappa shape index (κ3) is 6.22. The lowest BCUT2D eigenvalue weighted by Gasteiger charge is -2.42. The minimum absolute atomic E-state index is 0.309. The number of thioether (sulfide) groups is 1. The van der Waals surface area contributed by atoms with Gasteiger partial charge in [-0.3, -0.25) is 0 Å². The van der Waals surface area contributed by atoms with Crippen LogP contribution in [-0.2, 0) is 0 Å². The van der Waals surface area contributed by atoms with Crippen molar-refractivity contribution in [1.82, 2.24) is 0 Å². The normalized spacial score (nSPS) is 36.9. The summed E-state index contributed by atoms with van der Waals surface area (Å²) in [7, 11) is 0. The quantitative estimate of drug-likeness (QED) is 0.281. The van der Waals surface area contributed by atoms with Crippen LogP contribution < -0.4 is 0 Å². The summed E-state index contributed by atoms with van der Waals surface area (Å²) in [4.78, 5) is -1.01. The molecule has 0 heterocycles. The van der Waals surface area contributed by atoms with Crippen LogP contribution in [0.15, 0.2) is 35.5 Å². The largest absolute Gasteiger partial charge is 0.390 e. The molecule has 34 heavy (non-hydrogen) atoms. The van der Waals surface area contributed by atoms with E-state index in [0.29, 0.717) is 36.3 Å². The molecule has 4 heteroatoms. The van der Waals surface area contributed by atoms with Crippen LogP contribution >= 0.6 is 11.8 Å². The smallest absolute Gasteiger partial charge is 0.117 e. The molecule has 3 nitrogen and oxygen atoms in total. The number of aliphatic hydroxyl groups is 3. The SMILES string of the molecule is C=C1C(=CC=C2CCC[C@]3(C)[C@@H](CC)CC[C@H]23)C[C@](O)(SCCC(O)(CCC)CCC)C[C@@H]1O. The molecule has 0 aromatic rings. The van der Waals surface area contributed by atoms with Gasteiger partial charge in [-0.2, -0.15) is 0 Å². The molecule has 0 bridgehead atoms. The Morgan fingerprint density at radius 2 is 1.82 bits per heavy atom. The molecule has 194 valence electrons. The van der Waals surface area contributed by atoms with E-state index in [1.54, 1.807) is 5.57 Å². The molecule has 3 aliphatic rings. The summed E-state index contributed by atoms with van der Waals surface area (Å²) >= 11 is 1.50.